The summed E-state index contributed by atoms with van der Waals surface area (Å²) < 4.78 is 0. The molecule has 6 heteroatoms. The quantitative estimate of drug-likeness (QED) is 0.296. The number of hydrogen-bond donors (Lipinski definition) is 3. The van der Waals surface area contributed by atoms with Crippen LogP contribution in [0.1, 0.15) is 20.3 Å². The molecule has 1 unspecified atom stereocenters. The molecule has 15 heavy (non-hydrogen) atoms. The molecule has 2 amide bonds. The summed E-state index contributed by atoms with van der Waals surface area (Å²) in [7, 11) is 1.57. The standard InChI is InChI=1S/C9H20N4O2/c1-4-5-13(6-8(14)11-3)7(2)9(15)12-10/h7H,4-6,10H2,1-3H3,(H,11,14)(H,12,15). The number of likely N-dealkylation sites (N-methyl/N-ethyl adjacent to an activating group) is 1. The maximum atomic E-state index is 11.3. The Labute approximate surface area is 90.2 Å². The zero-order valence-electron chi connectivity index (χ0n) is 9.54. The van der Waals surface area contributed by atoms with Gasteiger partial charge in [0.25, 0.3) is 5.91 Å². The highest BCUT2D eigenvalue weighted by Gasteiger charge is 2.21. The Morgan fingerprint density at radius 1 is 1.47 bits per heavy atom. The van der Waals surface area contributed by atoms with Crippen molar-refractivity contribution in [3.63, 3.8) is 0 Å². The summed E-state index contributed by atoms with van der Waals surface area (Å²) in [4.78, 5) is 24.3. The maximum Gasteiger partial charge on any atom is 0.250 e. The molecule has 0 heterocycles. The Hall–Kier alpha value is -1.14. The molecule has 1 atom stereocenters. The van der Waals surface area contributed by atoms with Crippen LogP contribution < -0.4 is 16.6 Å². The molecule has 0 aromatic rings. The number of hydrogen-bond acceptors (Lipinski definition) is 4. The van der Waals surface area contributed by atoms with Gasteiger partial charge in [-0.3, -0.25) is 19.9 Å². The van der Waals surface area contributed by atoms with E-state index < -0.39 is 6.04 Å². The molecule has 88 valence electrons. The van der Waals surface area contributed by atoms with Crippen LogP contribution in [0.4, 0.5) is 0 Å². The van der Waals surface area contributed by atoms with Crippen molar-refractivity contribution in [3.05, 3.63) is 0 Å². The summed E-state index contributed by atoms with van der Waals surface area (Å²) in [6, 6.07) is -0.396. The molecule has 0 spiro atoms. The summed E-state index contributed by atoms with van der Waals surface area (Å²) in [5.74, 6) is 4.65. The van der Waals surface area contributed by atoms with Gasteiger partial charge in [-0.25, -0.2) is 5.84 Å². The number of hydrazine groups is 1. The number of nitrogens with two attached hydrogens (primary N) is 1. The summed E-state index contributed by atoms with van der Waals surface area (Å²) in [6.45, 7) is 4.60. The van der Waals surface area contributed by atoms with E-state index in [4.69, 9.17) is 5.84 Å². The minimum atomic E-state index is -0.396. The Bertz CT molecular complexity index is 220. The van der Waals surface area contributed by atoms with Gasteiger partial charge in [-0.05, 0) is 19.9 Å². The van der Waals surface area contributed by atoms with E-state index in [0.717, 1.165) is 6.42 Å². The fraction of sp³-hybridized carbons (Fsp3) is 0.778. The largest absolute Gasteiger partial charge is 0.358 e. The van der Waals surface area contributed by atoms with Gasteiger partial charge < -0.3 is 5.32 Å². The van der Waals surface area contributed by atoms with Crippen molar-refractivity contribution in [1.82, 2.24) is 15.6 Å². The SMILES string of the molecule is CCCN(CC(=O)NC)C(C)C(=O)NN. The van der Waals surface area contributed by atoms with E-state index >= 15 is 0 Å². The first-order valence-corrected chi connectivity index (χ1v) is 5.01. The van der Waals surface area contributed by atoms with Crippen molar-refractivity contribution in [2.45, 2.75) is 26.3 Å². The van der Waals surface area contributed by atoms with Gasteiger partial charge >= 0.3 is 0 Å². The summed E-state index contributed by atoms with van der Waals surface area (Å²) >= 11 is 0. The summed E-state index contributed by atoms with van der Waals surface area (Å²) in [5, 5.41) is 2.52. The van der Waals surface area contributed by atoms with E-state index in [2.05, 4.69) is 10.7 Å². The van der Waals surface area contributed by atoms with Crippen molar-refractivity contribution in [2.24, 2.45) is 5.84 Å². The molecule has 0 saturated carbocycles. The van der Waals surface area contributed by atoms with Gasteiger partial charge in [0.1, 0.15) is 0 Å². The fourth-order valence-corrected chi connectivity index (χ4v) is 1.25. The number of nitrogens with zero attached hydrogens (tertiary/aromatic N) is 1. The molecule has 0 aliphatic carbocycles. The second kappa shape index (κ2) is 7.19. The molecular weight excluding hydrogens is 196 g/mol. The third-order valence-corrected chi connectivity index (χ3v) is 2.21. The predicted molar refractivity (Wildman–Crippen MR) is 57.7 cm³/mol. The molecule has 4 N–H and O–H groups in total. The second-order valence-corrected chi connectivity index (χ2v) is 3.33. The van der Waals surface area contributed by atoms with Crippen molar-refractivity contribution < 1.29 is 9.59 Å². The van der Waals surface area contributed by atoms with Gasteiger partial charge in [0.15, 0.2) is 0 Å². The van der Waals surface area contributed by atoms with Crippen LogP contribution >= 0.6 is 0 Å². The average molecular weight is 216 g/mol. The first-order chi connectivity index (χ1) is 7.06. The van der Waals surface area contributed by atoms with Gasteiger partial charge in [-0.1, -0.05) is 6.92 Å². The Balaban J connectivity index is 4.36. The first kappa shape index (κ1) is 13.9. The van der Waals surface area contributed by atoms with Crippen molar-refractivity contribution in [1.29, 1.82) is 0 Å². The van der Waals surface area contributed by atoms with E-state index in [9.17, 15) is 9.59 Å². The van der Waals surface area contributed by atoms with E-state index in [1.165, 1.54) is 0 Å². The van der Waals surface area contributed by atoms with Crippen molar-refractivity contribution in [2.75, 3.05) is 20.1 Å². The van der Waals surface area contributed by atoms with Gasteiger partial charge in [-0.15, -0.1) is 0 Å². The minimum absolute atomic E-state index is 0.111. The van der Waals surface area contributed by atoms with E-state index in [1.807, 2.05) is 6.92 Å². The summed E-state index contributed by atoms with van der Waals surface area (Å²) in [6.07, 6.45) is 0.874. The molecule has 0 aromatic carbocycles. The van der Waals surface area contributed by atoms with Crippen LogP contribution in [-0.2, 0) is 9.59 Å². The molecule has 0 radical (unpaired) electrons. The lowest BCUT2D eigenvalue weighted by atomic mass is 10.2. The number of carbonyl (C=O) groups excluding carboxylic acids is 2. The van der Waals surface area contributed by atoms with Crippen LogP contribution in [0.3, 0.4) is 0 Å². The van der Waals surface area contributed by atoms with Crippen LogP contribution in [0.5, 0.6) is 0 Å². The molecule has 0 rings (SSSR count). The van der Waals surface area contributed by atoms with Crippen molar-refractivity contribution in [3.8, 4) is 0 Å². The van der Waals surface area contributed by atoms with Gasteiger partial charge in [-0.2, -0.15) is 0 Å². The number of carbonyl (C=O) groups is 2. The predicted octanol–water partition coefficient (Wildman–Crippen LogP) is -1.18. The van der Waals surface area contributed by atoms with Gasteiger partial charge in [0.05, 0.1) is 12.6 Å². The van der Waals surface area contributed by atoms with Crippen LogP contribution in [0, 0.1) is 0 Å². The molecule has 0 bridgehead atoms. The third-order valence-electron chi connectivity index (χ3n) is 2.21. The van der Waals surface area contributed by atoms with Crippen LogP contribution in [-0.4, -0.2) is 42.9 Å². The lowest BCUT2D eigenvalue weighted by Crippen LogP contribution is -2.50. The number of rotatable bonds is 6. The molecule has 0 saturated heterocycles. The number of amides is 2. The fourth-order valence-electron chi connectivity index (χ4n) is 1.25. The Morgan fingerprint density at radius 2 is 2.07 bits per heavy atom. The number of nitrogens with one attached hydrogen (secondary N) is 2. The molecule has 0 aliphatic rings. The van der Waals surface area contributed by atoms with E-state index in [0.29, 0.717) is 6.54 Å². The molecule has 0 aliphatic heterocycles. The molecule has 6 nitrogen and oxygen atoms in total. The average Bonchev–Trinajstić information content (AvgIpc) is 2.26. The minimum Gasteiger partial charge on any atom is -0.358 e. The van der Waals surface area contributed by atoms with Crippen LogP contribution in [0.15, 0.2) is 0 Å². The van der Waals surface area contributed by atoms with Crippen LogP contribution in [0.25, 0.3) is 0 Å². The van der Waals surface area contributed by atoms with Gasteiger partial charge in [0.2, 0.25) is 5.91 Å². The zero-order valence-corrected chi connectivity index (χ0v) is 9.54. The Morgan fingerprint density at radius 3 is 2.47 bits per heavy atom. The summed E-state index contributed by atoms with van der Waals surface area (Å²) in [5.41, 5.74) is 2.08. The second-order valence-electron chi connectivity index (χ2n) is 3.33. The highest BCUT2D eigenvalue weighted by atomic mass is 16.2. The topological polar surface area (TPSA) is 87.5 Å². The lowest BCUT2D eigenvalue weighted by molar-refractivity contribution is -0.128. The highest BCUT2D eigenvalue weighted by molar-refractivity contribution is 5.82. The highest BCUT2D eigenvalue weighted by Crippen LogP contribution is 2.00. The van der Waals surface area contributed by atoms with E-state index in [-0.39, 0.29) is 18.4 Å². The molecule has 0 fully saturated rings. The zero-order chi connectivity index (χ0) is 11.8. The molecular formula is C9H20N4O2. The smallest absolute Gasteiger partial charge is 0.250 e. The molecule has 0 aromatic heterocycles. The maximum absolute atomic E-state index is 11.3. The monoisotopic (exact) mass is 216 g/mol. The van der Waals surface area contributed by atoms with E-state index in [1.54, 1.807) is 18.9 Å². The first-order valence-electron chi connectivity index (χ1n) is 5.01. The van der Waals surface area contributed by atoms with Crippen LogP contribution in [0.2, 0.25) is 0 Å². The van der Waals surface area contributed by atoms with Gasteiger partial charge in [0, 0.05) is 7.05 Å². The lowest BCUT2D eigenvalue weighted by Gasteiger charge is -2.26. The Kier molecular flexibility index (Phi) is 6.64. The normalized spacial score (nSPS) is 12.3. The van der Waals surface area contributed by atoms with Crippen molar-refractivity contribution >= 4 is 11.8 Å². The third kappa shape index (κ3) is 4.75.